The van der Waals surface area contributed by atoms with Crippen LogP contribution in [-0.4, -0.2) is 19.2 Å². The Morgan fingerprint density at radius 2 is 1.81 bits per heavy atom. The lowest BCUT2D eigenvalue weighted by molar-refractivity contribution is -0.458. The second kappa shape index (κ2) is 4.48. The van der Waals surface area contributed by atoms with Crippen molar-refractivity contribution in [3.63, 3.8) is 0 Å². The fourth-order valence-corrected chi connectivity index (χ4v) is 2.28. The normalized spacial score (nSPS) is 11.1. The van der Waals surface area contributed by atoms with E-state index in [9.17, 15) is 18.5 Å². The predicted octanol–water partition coefficient (Wildman–Crippen LogP) is 1.28. The Morgan fingerprint density at radius 3 is 2.25 bits per heavy atom. The van der Waals surface area contributed by atoms with E-state index in [1.807, 2.05) is 0 Å². The molecule has 0 atom stereocenters. The number of hydrogen-bond donors (Lipinski definition) is 1. The van der Waals surface area contributed by atoms with Crippen LogP contribution in [0.15, 0.2) is 18.2 Å². The zero-order valence-corrected chi connectivity index (χ0v) is 9.74. The third kappa shape index (κ3) is 3.20. The van der Waals surface area contributed by atoms with Gasteiger partial charge in [-0.1, -0.05) is 18.2 Å². The van der Waals surface area contributed by atoms with Crippen molar-refractivity contribution in [2.75, 3.05) is 10.6 Å². The fourth-order valence-electron chi connectivity index (χ4n) is 1.30. The van der Waals surface area contributed by atoms with Gasteiger partial charge in [0.25, 0.3) is 10.0 Å². The van der Waals surface area contributed by atoms with E-state index >= 15 is 0 Å². The molecule has 0 amide bonds. The Hall–Kier alpha value is -1.63. The Kier molecular flexibility index (Phi) is 3.48. The smallest absolute Gasteiger partial charge is 0.278 e. The summed E-state index contributed by atoms with van der Waals surface area (Å²) in [6.45, 7) is 3.47. The van der Waals surface area contributed by atoms with E-state index in [2.05, 4.69) is 4.72 Å². The summed E-state index contributed by atoms with van der Waals surface area (Å²) in [5.41, 5.74) is 1.86. The quantitative estimate of drug-likeness (QED) is 0.638. The van der Waals surface area contributed by atoms with Gasteiger partial charge in [0, 0.05) is 4.92 Å². The van der Waals surface area contributed by atoms with Gasteiger partial charge in [-0.2, -0.15) is 8.42 Å². The summed E-state index contributed by atoms with van der Waals surface area (Å²) in [5, 5.41) is 10.2. The van der Waals surface area contributed by atoms with E-state index in [1.165, 1.54) is 0 Å². The summed E-state index contributed by atoms with van der Waals surface area (Å²) < 4.78 is 24.9. The standard InChI is InChI=1S/C9H12N2O4S/c1-7-4-3-5-8(2)9(7)10-16(14,15)6-11(12)13/h3-5,10H,6H2,1-2H3. The lowest BCUT2D eigenvalue weighted by atomic mass is 10.1. The van der Waals surface area contributed by atoms with Crippen LogP contribution >= 0.6 is 0 Å². The van der Waals surface area contributed by atoms with E-state index in [1.54, 1.807) is 32.0 Å². The fraction of sp³-hybridized carbons (Fsp3) is 0.333. The minimum absolute atomic E-state index is 0.407. The molecule has 0 bridgehead atoms. The second-order valence-corrected chi connectivity index (χ2v) is 5.14. The summed E-state index contributed by atoms with van der Waals surface area (Å²) in [6, 6.07) is 5.25. The van der Waals surface area contributed by atoms with Crippen LogP contribution in [0.5, 0.6) is 0 Å². The maximum atomic E-state index is 11.4. The molecule has 1 aromatic carbocycles. The third-order valence-electron chi connectivity index (χ3n) is 2.01. The first-order valence-corrected chi connectivity index (χ1v) is 6.15. The summed E-state index contributed by atoms with van der Waals surface area (Å²) in [7, 11) is -3.93. The van der Waals surface area contributed by atoms with Crippen LogP contribution < -0.4 is 4.72 Å². The summed E-state index contributed by atoms with van der Waals surface area (Å²) >= 11 is 0. The monoisotopic (exact) mass is 244 g/mol. The molecule has 7 heteroatoms. The molecule has 1 aromatic rings. The van der Waals surface area contributed by atoms with E-state index in [4.69, 9.17) is 0 Å². The molecule has 0 radical (unpaired) electrons. The van der Waals surface area contributed by atoms with Crippen LogP contribution in [0.4, 0.5) is 5.69 Å². The topological polar surface area (TPSA) is 89.3 Å². The van der Waals surface area contributed by atoms with Crippen molar-refractivity contribution in [2.24, 2.45) is 0 Å². The first kappa shape index (κ1) is 12.4. The molecule has 0 saturated carbocycles. The van der Waals surface area contributed by atoms with Gasteiger partial charge in [0.2, 0.25) is 0 Å². The maximum Gasteiger partial charge on any atom is 0.319 e. The van der Waals surface area contributed by atoms with Gasteiger partial charge in [-0.25, -0.2) is 0 Å². The highest BCUT2D eigenvalue weighted by molar-refractivity contribution is 7.92. The number of nitro groups is 1. The van der Waals surface area contributed by atoms with Gasteiger partial charge >= 0.3 is 5.88 Å². The van der Waals surface area contributed by atoms with Crippen LogP contribution in [0.25, 0.3) is 0 Å². The van der Waals surface area contributed by atoms with Crippen molar-refractivity contribution >= 4 is 15.7 Å². The average Bonchev–Trinajstić information content (AvgIpc) is 2.09. The molecule has 6 nitrogen and oxygen atoms in total. The van der Waals surface area contributed by atoms with Crippen molar-refractivity contribution < 1.29 is 13.3 Å². The largest absolute Gasteiger partial charge is 0.319 e. The van der Waals surface area contributed by atoms with E-state index in [0.29, 0.717) is 5.69 Å². The van der Waals surface area contributed by atoms with Gasteiger partial charge < -0.3 is 0 Å². The number of sulfonamides is 1. The molecule has 0 aliphatic heterocycles. The van der Waals surface area contributed by atoms with Crippen LogP contribution in [0, 0.1) is 24.0 Å². The van der Waals surface area contributed by atoms with Crippen molar-refractivity contribution in [3.05, 3.63) is 39.4 Å². The number of aryl methyl sites for hydroxylation is 2. The maximum absolute atomic E-state index is 11.4. The molecule has 0 aliphatic carbocycles. The molecule has 1 rings (SSSR count). The molecule has 88 valence electrons. The molecule has 0 fully saturated rings. The van der Waals surface area contributed by atoms with Gasteiger partial charge in [-0.05, 0) is 25.0 Å². The second-order valence-electron chi connectivity index (χ2n) is 3.45. The molecule has 1 N–H and O–H groups in total. The first-order chi connectivity index (χ1) is 7.32. The minimum Gasteiger partial charge on any atom is -0.278 e. The van der Waals surface area contributed by atoms with Crippen molar-refractivity contribution in [2.45, 2.75) is 13.8 Å². The van der Waals surface area contributed by atoms with Gasteiger partial charge in [0.05, 0.1) is 5.69 Å². The van der Waals surface area contributed by atoms with Crippen molar-refractivity contribution in [3.8, 4) is 0 Å². The van der Waals surface area contributed by atoms with Gasteiger partial charge in [-0.15, -0.1) is 0 Å². The van der Waals surface area contributed by atoms with Gasteiger partial charge in [0.15, 0.2) is 0 Å². The molecule has 0 unspecified atom stereocenters. The van der Waals surface area contributed by atoms with Crippen molar-refractivity contribution in [1.82, 2.24) is 0 Å². The van der Waals surface area contributed by atoms with Crippen LogP contribution in [0.1, 0.15) is 11.1 Å². The zero-order chi connectivity index (χ0) is 12.3. The number of rotatable bonds is 4. The molecule has 0 aliphatic rings. The van der Waals surface area contributed by atoms with E-state index in [-0.39, 0.29) is 0 Å². The van der Waals surface area contributed by atoms with Gasteiger partial charge in [-0.3, -0.25) is 14.8 Å². The highest BCUT2D eigenvalue weighted by Gasteiger charge is 2.19. The summed E-state index contributed by atoms with van der Waals surface area (Å²) in [6.07, 6.45) is 0. The number of nitrogens with one attached hydrogen (secondary N) is 1. The third-order valence-corrected chi connectivity index (χ3v) is 3.08. The van der Waals surface area contributed by atoms with Crippen LogP contribution in [-0.2, 0) is 10.0 Å². The Bertz CT molecular complexity index is 490. The molecule has 16 heavy (non-hydrogen) atoms. The Labute approximate surface area is 93.5 Å². The molecule has 0 aromatic heterocycles. The van der Waals surface area contributed by atoms with E-state index in [0.717, 1.165) is 11.1 Å². The highest BCUT2D eigenvalue weighted by atomic mass is 32.2. The zero-order valence-electron chi connectivity index (χ0n) is 8.93. The van der Waals surface area contributed by atoms with Crippen LogP contribution in [0.3, 0.4) is 0 Å². The van der Waals surface area contributed by atoms with Crippen molar-refractivity contribution in [1.29, 1.82) is 0 Å². The summed E-state index contributed by atoms with van der Waals surface area (Å²) in [4.78, 5) is 9.28. The Balaban J connectivity index is 3.01. The van der Waals surface area contributed by atoms with Crippen LogP contribution in [0.2, 0.25) is 0 Å². The molecule has 0 saturated heterocycles. The minimum atomic E-state index is -3.93. The average molecular weight is 244 g/mol. The first-order valence-electron chi connectivity index (χ1n) is 4.50. The molecule has 0 heterocycles. The number of benzene rings is 1. The SMILES string of the molecule is Cc1cccc(C)c1NS(=O)(=O)C[N+](=O)[O-]. The summed E-state index contributed by atoms with van der Waals surface area (Å²) in [5.74, 6) is -1.12. The highest BCUT2D eigenvalue weighted by Crippen LogP contribution is 2.20. The number of hydrogen-bond acceptors (Lipinski definition) is 4. The predicted molar refractivity (Wildman–Crippen MR) is 60.3 cm³/mol. The Morgan fingerprint density at radius 1 is 1.31 bits per heavy atom. The lowest BCUT2D eigenvalue weighted by Gasteiger charge is -2.10. The van der Waals surface area contributed by atoms with E-state index < -0.39 is 20.8 Å². The number of anilines is 1. The lowest BCUT2D eigenvalue weighted by Crippen LogP contribution is -2.22. The van der Waals surface area contributed by atoms with Gasteiger partial charge in [0.1, 0.15) is 0 Å². The number of nitrogens with zero attached hydrogens (tertiary/aromatic N) is 1. The molecule has 0 spiro atoms. The molecular formula is C9H12N2O4S. The molecular weight excluding hydrogens is 232 g/mol. The number of para-hydroxylation sites is 1.